The Morgan fingerprint density at radius 3 is 2.56 bits per heavy atom. The summed E-state index contributed by atoms with van der Waals surface area (Å²) in [6.07, 6.45) is 8.27. The molecular formula is C14H22BrNOS. The van der Waals surface area contributed by atoms with Gasteiger partial charge in [-0.3, -0.25) is 0 Å². The molecule has 0 aromatic carbocycles. The van der Waals surface area contributed by atoms with Crippen molar-refractivity contribution in [3.8, 4) is 0 Å². The van der Waals surface area contributed by atoms with E-state index in [2.05, 4.69) is 27.4 Å². The minimum absolute atomic E-state index is 0.103. The predicted octanol–water partition coefficient (Wildman–Crippen LogP) is 4.12. The predicted molar refractivity (Wildman–Crippen MR) is 81.1 cm³/mol. The van der Waals surface area contributed by atoms with E-state index in [1.807, 2.05) is 7.11 Å². The van der Waals surface area contributed by atoms with E-state index in [1.165, 1.54) is 30.6 Å². The van der Waals surface area contributed by atoms with Gasteiger partial charge in [0, 0.05) is 27.9 Å². The van der Waals surface area contributed by atoms with Crippen molar-refractivity contribution in [1.29, 1.82) is 0 Å². The highest BCUT2D eigenvalue weighted by molar-refractivity contribution is 9.10. The second kappa shape index (κ2) is 6.51. The van der Waals surface area contributed by atoms with Gasteiger partial charge in [-0.25, -0.2) is 0 Å². The quantitative estimate of drug-likeness (QED) is 0.842. The Labute approximate surface area is 122 Å². The summed E-state index contributed by atoms with van der Waals surface area (Å²) in [5.74, 6) is 0. The molecule has 1 aliphatic rings. The molecule has 2 nitrogen and oxygen atoms in total. The van der Waals surface area contributed by atoms with Crippen LogP contribution in [0.4, 0.5) is 0 Å². The lowest BCUT2D eigenvalue weighted by atomic mass is 9.84. The summed E-state index contributed by atoms with van der Waals surface area (Å²) >= 11 is 5.27. The summed E-state index contributed by atoms with van der Waals surface area (Å²) < 4.78 is 7.02. The van der Waals surface area contributed by atoms with Gasteiger partial charge in [0.05, 0.1) is 5.60 Å². The molecule has 1 aromatic heterocycles. The Kier molecular flexibility index (Phi) is 5.24. The lowest BCUT2D eigenvalue weighted by Crippen LogP contribution is -2.50. The lowest BCUT2D eigenvalue weighted by Gasteiger charge is -2.37. The zero-order valence-corrected chi connectivity index (χ0v) is 13.4. The molecule has 102 valence electrons. The van der Waals surface area contributed by atoms with Gasteiger partial charge in [0.1, 0.15) is 0 Å². The van der Waals surface area contributed by atoms with Crippen molar-refractivity contribution in [2.75, 3.05) is 7.11 Å². The van der Waals surface area contributed by atoms with Crippen molar-refractivity contribution in [2.24, 2.45) is 5.73 Å². The summed E-state index contributed by atoms with van der Waals surface area (Å²) in [4.78, 5) is 1.34. The molecule has 1 atom stereocenters. The Morgan fingerprint density at radius 2 is 2.06 bits per heavy atom. The van der Waals surface area contributed by atoms with Gasteiger partial charge in [0.15, 0.2) is 0 Å². The Morgan fingerprint density at radius 1 is 1.39 bits per heavy atom. The first-order valence-corrected chi connectivity index (χ1v) is 8.37. The molecule has 0 spiro atoms. The number of hydrogen-bond acceptors (Lipinski definition) is 3. The maximum absolute atomic E-state index is 6.47. The summed E-state index contributed by atoms with van der Waals surface area (Å²) in [6.45, 7) is 0. The molecule has 1 heterocycles. The second-order valence-electron chi connectivity index (χ2n) is 5.22. The standard InChI is InChI=1S/C14H22BrNOS/c1-17-14(6-4-2-3-5-7-14)13(16)9-12-8-11(15)10-18-12/h8,10,13H,2-7,9,16H2,1H3. The van der Waals surface area contributed by atoms with Crippen molar-refractivity contribution in [3.05, 3.63) is 20.8 Å². The van der Waals surface area contributed by atoms with Gasteiger partial charge in [-0.1, -0.05) is 25.7 Å². The van der Waals surface area contributed by atoms with Crippen LogP contribution >= 0.6 is 27.3 Å². The lowest BCUT2D eigenvalue weighted by molar-refractivity contribution is -0.0428. The van der Waals surface area contributed by atoms with E-state index in [-0.39, 0.29) is 11.6 Å². The van der Waals surface area contributed by atoms with Crippen LogP contribution in [0.2, 0.25) is 0 Å². The van der Waals surface area contributed by atoms with E-state index in [4.69, 9.17) is 10.5 Å². The topological polar surface area (TPSA) is 35.2 Å². The maximum atomic E-state index is 6.47. The summed E-state index contributed by atoms with van der Waals surface area (Å²) in [5.41, 5.74) is 6.37. The highest BCUT2D eigenvalue weighted by Gasteiger charge is 2.37. The smallest absolute Gasteiger partial charge is 0.0832 e. The normalized spacial score (nSPS) is 21.5. The molecule has 1 aromatic rings. The second-order valence-corrected chi connectivity index (χ2v) is 7.14. The Hall–Kier alpha value is 0.1000. The van der Waals surface area contributed by atoms with Crippen LogP contribution in [0.5, 0.6) is 0 Å². The maximum Gasteiger partial charge on any atom is 0.0832 e. The number of thiophene rings is 1. The minimum atomic E-state index is -0.104. The van der Waals surface area contributed by atoms with E-state index < -0.39 is 0 Å². The van der Waals surface area contributed by atoms with Crippen molar-refractivity contribution < 1.29 is 4.74 Å². The molecule has 2 N–H and O–H groups in total. The monoisotopic (exact) mass is 331 g/mol. The van der Waals surface area contributed by atoms with E-state index in [1.54, 1.807) is 11.3 Å². The van der Waals surface area contributed by atoms with Crippen LogP contribution in [-0.2, 0) is 11.2 Å². The molecule has 0 amide bonds. The van der Waals surface area contributed by atoms with Crippen LogP contribution in [0.1, 0.15) is 43.4 Å². The molecule has 1 saturated carbocycles. The van der Waals surface area contributed by atoms with Crippen LogP contribution in [-0.4, -0.2) is 18.8 Å². The van der Waals surface area contributed by atoms with Crippen molar-refractivity contribution in [1.82, 2.24) is 0 Å². The molecule has 1 fully saturated rings. The largest absolute Gasteiger partial charge is 0.377 e. The molecule has 1 aliphatic carbocycles. The van der Waals surface area contributed by atoms with Crippen molar-refractivity contribution in [2.45, 2.75) is 56.6 Å². The third-order valence-corrected chi connectivity index (χ3v) is 5.79. The van der Waals surface area contributed by atoms with Crippen LogP contribution in [0.25, 0.3) is 0 Å². The van der Waals surface area contributed by atoms with Gasteiger partial charge >= 0.3 is 0 Å². The number of methoxy groups -OCH3 is 1. The summed E-state index contributed by atoms with van der Waals surface area (Å²) in [6, 6.07) is 2.27. The number of ether oxygens (including phenoxy) is 1. The molecule has 18 heavy (non-hydrogen) atoms. The molecule has 0 bridgehead atoms. The van der Waals surface area contributed by atoms with Crippen LogP contribution in [0, 0.1) is 0 Å². The van der Waals surface area contributed by atoms with E-state index in [0.29, 0.717) is 0 Å². The fraction of sp³-hybridized carbons (Fsp3) is 0.714. The fourth-order valence-electron chi connectivity index (χ4n) is 2.92. The minimum Gasteiger partial charge on any atom is -0.377 e. The van der Waals surface area contributed by atoms with E-state index in [0.717, 1.165) is 23.7 Å². The van der Waals surface area contributed by atoms with Crippen LogP contribution in [0.15, 0.2) is 15.9 Å². The third-order valence-electron chi connectivity index (χ3n) is 4.08. The number of rotatable bonds is 4. The molecule has 0 saturated heterocycles. The van der Waals surface area contributed by atoms with Gasteiger partial charge in [0.2, 0.25) is 0 Å². The Balaban J connectivity index is 2.06. The van der Waals surface area contributed by atoms with Gasteiger partial charge in [-0.15, -0.1) is 11.3 Å². The number of halogens is 1. The summed E-state index contributed by atoms with van der Waals surface area (Å²) in [5, 5.41) is 2.12. The first-order chi connectivity index (χ1) is 8.66. The molecule has 4 heteroatoms. The van der Waals surface area contributed by atoms with E-state index >= 15 is 0 Å². The molecular weight excluding hydrogens is 310 g/mol. The number of nitrogens with two attached hydrogens (primary N) is 1. The molecule has 1 unspecified atom stereocenters. The van der Waals surface area contributed by atoms with Gasteiger partial charge < -0.3 is 10.5 Å². The van der Waals surface area contributed by atoms with Gasteiger partial charge in [-0.05, 0) is 41.3 Å². The van der Waals surface area contributed by atoms with Crippen LogP contribution < -0.4 is 5.73 Å². The fourth-order valence-corrected chi connectivity index (χ4v) is 4.43. The van der Waals surface area contributed by atoms with E-state index in [9.17, 15) is 0 Å². The first-order valence-electron chi connectivity index (χ1n) is 6.70. The van der Waals surface area contributed by atoms with Crippen molar-refractivity contribution >= 4 is 27.3 Å². The molecule has 2 rings (SSSR count). The third kappa shape index (κ3) is 3.35. The SMILES string of the molecule is COC1(C(N)Cc2cc(Br)cs2)CCCCCC1. The first kappa shape index (κ1) is 14.5. The highest BCUT2D eigenvalue weighted by atomic mass is 79.9. The van der Waals surface area contributed by atoms with Gasteiger partial charge in [-0.2, -0.15) is 0 Å². The highest BCUT2D eigenvalue weighted by Crippen LogP contribution is 2.34. The van der Waals surface area contributed by atoms with Crippen molar-refractivity contribution in [3.63, 3.8) is 0 Å². The summed E-state index contributed by atoms with van der Waals surface area (Å²) in [7, 11) is 1.83. The van der Waals surface area contributed by atoms with Gasteiger partial charge in [0.25, 0.3) is 0 Å². The Bertz CT molecular complexity index is 372. The average molecular weight is 332 g/mol. The molecule has 0 aliphatic heterocycles. The number of hydrogen-bond donors (Lipinski definition) is 1. The van der Waals surface area contributed by atoms with Crippen LogP contribution in [0.3, 0.4) is 0 Å². The zero-order chi connectivity index (χ0) is 13.0. The average Bonchev–Trinajstić information content (AvgIpc) is 2.65. The molecule has 0 radical (unpaired) electrons. The zero-order valence-electron chi connectivity index (χ0n) is 11.0.